The van der Waals surface area contributed by atoms with Crippen molar-refractivity contribution in [2.45, 2.75) is 64.7 Å². The Morgan fingerprint density at radius 2 is 2.19 bits per heavy atom. The van der Waals surface area contributed by atoms with E-state index in [-0.39, 0.29) is 0 Å². The lowest BCUT2D eigenvalue weighted by atomic mass is 10.3. The van der Waals surface area contributed by atoms with E-state index in [1.807, 2.05) is 11.6 Å². The normalized spacial score (nSPS) is 17.5. The molecule has 1 aliphatic carbocycles. The number of nitrogens with one attached hydrogen (secondary N) is 1. The van der Waals surface area contributed by atoms with Crippen molar-refractivity contribution >= 4 is 0 Å². The molecule has 0 saturated heterocycles. The summed E-state index contributed by atoms with van der Waals surface area (Å²) in [4.78, 5) is 0. The van der Waals surface area contributed by atoms with E-state index in [4.69, 9.17) is 4.74 Å². The summed E-state index contributed by atoms with van der Waals surface area (Å²) in [5.74, 6) is 0. The topological polar surface area (TPSA) is 59.3 Å². The van der Waals surface area contributed by atoms with Crippen LogP contribution in [0.3, 0.4) is 0 Å². The maximum absolute atomic E-state index is 9.87. The number of rotatable bonds is 9. The van der Waals surface area contributed by atoms with E-state index < -0.39 is 6.10 Å². The van der Waals surface area contributed by atoms with Gasteiger partial charge in [0, 0.05) is 18.8 Å². The molecular weight excluding hydrogens is 266 g/mol. The lowest BCUT2D eigenvalue weighted by molar-refractivity contribution is -0.00537. The molecule has 5 nitrogen and oxygen atoms in total. The minimum Gasteiger partial charge on any atom is -0.389 e. The number of ether oxygens (including phenoxy) is 1. The molecule has 1 heterocycles. The van der Waals surface area contributed by atoms with Crippen LogP contribution in [-0.2, 0) is 11.3 Å². The summed E-state index contributed by atoms with van der Waals surface area (Å²) in [5.41, 5.74) is 2.28. The minimum atomic E-state index is -0.403. The second-order valence-electron chi connectivity index (χ2n) is 6.10. The number of aliphatic hydroxyl groups excluding tert-OH is 1. The Kier molecular flexibility index (Phi) is 6.67. The molecule has 0 radical (unpaired) electrons. The maximum atomic E-state index is 9.87. The Morgan fingerprint density at radius 1 is 1.43 bits per heavy atom. The van der Waals surface area contributed by atoms with E-state index in [1.54, 1.807) is 0 Å². The summed E-state index contributed by atoms with van der Waals surface area (Å²) in [5, 5.41) is 17.6. The highest BCUT2D eigenvalue weighted by atomic mass is 16.5. The summed E-state index contributed by atoms with van der Waals surface area (Å²) in [6.07, 6.45) is 5.84. The van der Waals surface area contributed by atoms with Crippen LogP contribution in [0.4, 0.5) is 0 Å². The van der Waals surface area contributed by atoms with E-state index in [9.17, 15) is 5.11 Å². The lowest BCUT2D eigenvalue weighted by Crippen LogP contribution is -2.32. The van der Waals surface area contributed by atoms with Gasteiger partial charge in [0.2, 0.25) is 0 Å². The molecule has 120 valence electrons. The van der Waals surface area contributed by atoms with Crippen LogP contribution in [0.1, 0.15) is 43.5 Å². The van der Waals surface area contributed by atoms with Gasteiger partial charge in [0.1, 0.15) is 0 Å². The molecule has 1 aromatic heterocycles. The number of hydrogen-bond donors (Lipinski definition) is 2. The van der Waals surface area contributed by atoms with Crippen molar-refractivity contribution < 1.29 is 9.84 Å². The van der Waals surface area contributed by atoms with Crippen LogP contribution in [-0.4, -0.2) is 46.8 Å². The van der Waals surface area contributed by atoms with Gasteiger partial charge in [-0.1, -0.05) is 12.8 Å². The van der Waals surface area contributed by atoms with Crippen LogP contribution in [0.15, 0.2) is 6.07 Å². The van der Waals surface area contributed by atoms with Crippen molar-refractivity contribution in [1.29, 1.82) is 0 Å². The van der Waals surface area contributed by atoms with Gasteiger partial charge in [-0.3, -0.25) is 4.68 Å². The fourth-order valence-electron chi connectivity index (χ4n) is 2.88. The highest BCUT2D eigenvalue weighted by Crippen LogP contribution is 2.20. The maximum Gasteiger partial charge on any atom is 0.0897 e. The van der Waals surface area contributed by atoms with Gasteiger partial charge in [-0.25, -0.2) is 0 Å². The molecule has 1 aliphatic rings. The van der Waals surface area contributed by atoms with Crippen LogP contribution >= 0.6 is 0 Å². The first-order valence-corrected chi connectivity index (χ1v) is 8.16. The van der Waals surface area contributed by atoms with E-state index >= 15 is 0 Å². The molecule has 21 heavy (non-hydrogen) atoms. The molecule has 0 bridgehead atoms. The highest BCUT2D eigenvalue weighted by Gasteiger charge is 2.16. The zero-order chi connectivity index (χ0) is 15.1. The largest absolute Gasteiger partial charge is 0.389 e. The first kappa shape index (κ1) is 16.5. The molecule has 2 rings (SSSR count). The van der Waals surface area contributed by atoms with Gasteiger partial charge in [0.15, 0.2) is 0 Å². The average Bonchev–Trinajstić information content (AvgIpc) is 3.06. The number of hydrogen-bond acceptors (Lipinski definition) is 4. The Bertz CT molecular complexity index is 414. The molecule has 1 saturated carbocycles. The SMILES string of the molecule is Cc1cc(C)n(CCCNCC(O)COC2CCCC2)n1. The van der Waals surface area contributed by atoms with Gasteiger partial charge in [0.25, 0.3) is 0 Å². The van der Waals surface area contributed by atoms with Gasteiger partial charge < -0.3 is 15.2 Å². The first-order valence-electron chi connectivity index (χ1n) is 8.16. The van der Waals surface area contributed by atoms with Gasteiger partial charge in [0.05, 0.1) is 24.5 Å². The molecule has 0 aromatic carbocycles. The monoisotopic (exact) mass is 295 g/mol. The summed E-state index contributed by atoms with van der Waals surface area (Å²) >= 11 is 0. The van der Waals surface area contributed by atoms with Gasteiger partial charge >= 0.3 is 0 Å². The lowest BCUT2D eigenvalue weighted by Gasteiger charge is -2.16. The third kappa shape index (κ3) is 5.77. The Morgan fingerprint density at radius 3 is 2.86 bits per heavy atom. The van der Waals surface area contributed by atoms with Crippen molar-refractivity contribution in [3.8, 4) is 0 Å². The quantitative estimate of drug-likeness (QED) is 0.682. The molecule has 0 amide bonds. The zero-order valence-corrected chi connectivity index (χ0v) is 13.3. The van der Waals surface area contributed by atoms with E-state index in [0.717, 1.165) is 38.0 Å². The van der Waals surface area contributed by atoms with E-state index in [2.05, 4.69) is 23.4 Å². The third-order valence-corrected chi connectivity index (χ3v) is 4.03. The first-order chi connectivity index (χ1) is 10.1. The molecule has 5 heteroatoms. The molecule has 0 aliphatic heterocycles. The van der Waals surface area contributed by atoms with Crippen molar-refractivity contribution in [1.82, 2.24) is 15.1 Å². The number of aromatic nitrogens is 2. The fourth-order valence-corrected chi connectivity index (χ4v) is 2.88. The molecule has 2 N–H and O–H groups in total. The molecule has 1 atom stereocenters. The third-order valence-electron chi connectivity index (χ3n) is 4.03. The van der Waals surface area contributed by atoms with Crippen LogP contribution in [0.5, 0.6) is 0 Å². The second kappa shape index (κ2) is 8.51. The summed E-state index contributed by atoms with van der Waals surface area (Å²) in [6.45, 7) is 6.96. The Hall–Kier alpha value is -0.910. The number of nitrogens with zero attached hydrogens (tertiary/aromatic N) is 2. The molecule has 1 unspecified atom stereocenters. The second-order valence-corrected chi connectivity index (χ2v) is 6.10. The standard InChI is InChI=1S/C16H29N3O2/c1-13-10-14(2)19(18-13)9-5-8-17-11-15(20)12-21-16-6-3-4-7-16/h10,15-17,20H,3-9,11-12H2,1-2H3. The molecule has 0 spiro atoms. The smallest absolute Gasteiger partial charge is 0.0897 e. The number of aliphatic hydroxyl groups is 1. The Labute approximate surface area is 127 Å². The summed E-state index contributed by atoms with van der Waals surface area (Å²) in [7, 11) is 0. The zero-order valence-electron chi connectivity index (χ0n) is 13.3. The van der Waals surface area contributed by atoms with Gasteiger partial charge in [-0.15, -0.1) is 0 Å². The summed E-state index contributed by atoms with van der Waals surface area (Å²) < 4.78 is 7.74. The van der Waals surface area contributed by atoms with Crippen molar-refractivity contribution in [3.63, 3.8) is 0 Å². The van der Waals surface area contributed by atoms with Crippen LogP contribution in [0.25, 0.3) is 0 Å². The number of aryl methyl sites for hydroxylation is 3. The summed E-state index contributed by atoms with van der Waals surface area (Å²) in [6, 6.07) is 2.09. The molecule has 1 aromatic rings. The van der Waals surface area contributed by atoms with Gasteiger partial charge in [-0.05, 0) is 45.7 Å². The van der Waals surface area contributed by atoms with Gasteiger partial charge in [-0.2, -0.15) is 5.10 Å². The van der Waals surface area contributed by atoms with Crippen molar-refractivity contribution in [2.75, 3.05) is 19.7 Å². The molecule has 1 fully saturated rings. The van der Waals surface area contributed by atoms with E-state index in [0.29, 0.717) is 19.3 Å². The molecular formula is C16H29N3O2. The highest BCUT2D eigenvalue weighted by molar-refractivity contribution is 5.06. The van der Waals surface area contributed by atoms with Crippen LogP contribution < -0.4 is 5.32 Å². The minimum absolute atomic E-state index is 0.380. The van der Waals surface area contributed by atoms with Crippen LogP contribution in [0.2, 0.25) is 0 Å². The van der Waals surface area contributed by atoms with E-state index in [1.165, 1.54) is 18.5 Å². The average molecular weight is 295 g/mol. The predicted octanol–water partition coefficient (Wildman–Crippen LogP) is 1.80. The Balaban J connectivity index is 1.49. The fraction of sp³-hybridized carbons (Fsp3) is 0.812. The van der Waals surface area contributed by atoms with Crippen molar-refractivity contribution in [3.05, 3.63) is 17.5 Å². The van der Waals surface area contributed by atoms with Crippen molar-refractivity contribution in [2.24, 2.45) is 0 Å². The van der Waals surface area contributed by atoms with Crippen LogP contribution in [0, 0.1) is 13.8 Å². The predicted molar refractivity (Wildman–Crippen MR) is 83.4 cm³/mol.